The van der Waals surface area contributed by atoms with Gasteiger partial charge in [0.05, 0.1) is 32.1 Å². The number of hydrogen-bond donors (Lipinski definition) is 0. The largest absolute Gasteiger partial charge is 0.494 e. The fraction of sp³-hybridized carbons (Fsp3) is 0.630. The first-order valence-corrected chi connectivity index (χ1v) is 16.2. The van der Waals surface area contributed by atoms with Gasteiger partial charge in [-0.15, -0.1) is 12.4 Å². The van der Waals surface area contributed by atoms with E-state index in [9.17, 15) is 17.2 Å². The Morgan fingerprint density at radius 1 is 1.02 bits per heavy atom. The van der Waals surface area contributed by atoms with Gasteiger partial charge in [-0.05, 0) is 52.0 Å². The Morgan fingerprint density at radius 2 is 1.70 bits per heavy atom. The number of rotatable bonds is 11. The van der Waals surface area contributed by atoms with Gasteiger partial charge in [0.25, 0.3) is 6.43 Å². The van der Waals surface area contributed by atoms with Gasteiger partial charge < -0.3 is 24.2 Å². The van der Waals surface area contributed by atoms with Crippen molar-refractivity contribution in [1.82, 2.24) is 33.7 Å². The molecule has 2 fully saturated rings. The van der Waals surface area contributed by atoms with Gasteiger partial charge in [-0.3, -0.25) is 4.57 Å². The Balaban J connectivity index is 0.00000442. The summed E-state index contributed by atoms with van der Waals surface area (Å²) in [5.41, 5.74) is 0.673. The summed E-state index contributed by atoms with van der Waals surface area (Å²) < 4.78 is 67.1. The molecule has 0 amide bonds. The number of nitrogens with zero attached hydrogens (tertiary/aromatic N) is 9. The molecule has 244 valence electrons. The van der Waals surface area contributed by atoms with E-state index in [0.29, 0.717) is 81.9 Å². The van der Waals surface area contributed by atoms with Crippen molar-refractivity contribution in [2.24, 2.45) is 0 Å². The third-order valence-electron chi connectivity index (χ3n) is 7.78. The van der Waals surface area contributed by atoms with E-state index in [0.717, 1.165) is 13.0 Å². The van der Waals surface area contributed by atoms with E-state index < -0.39 is 22.3 Å². The molecule has 2 aliphatic rings. The molecule has 3 aromatic rings. The first-order chi connectivity index (χ1) is 20.6. The maximum Gasteiger partial charge on any atom is 0.296 e. The topological polar surface area (TPSA) is 122 Å². The van der Waals surface area contributed by atoms with Crippen molar-refractivity contribution in [3.05, 3.63) is 24.0 Å². The molecule has 0 saturated carbocycles. The highest BCUT2D eigenvalue weighted by Gasteiger charge is 2.32. The maximum absolute atomic E-state index is 14.5. The number of hydrogen-bond acceptors (Lipinski definition) is 11. The number of alkyl halides is 2. The molecule has 4 heterocycles. The molecule has 0 bridgehead atoms. The summed E-state index contributed by atoms with van der Waals surface area (Å²) in [7, 11) is 2.15. The number of anilines is 2. The lowest BCUT2D eigenvalue weighted by molar-refractivity contribution is 0.122. The molecule has 0 spiro atoms. The predicted octanol–water partition coefficient (Wildman–Crippen LogP) is 2.60. The minimum atomic E-state index is -3.31. The number of imidazole rings is 1. The Hall–Kier alpha value is -2.92. The first-order valence-electron chi connectivity index (χ1n) is 14.4. The van der Waals surface area contributed by atoms with Crippen LogP contribution in [0.1, 0.15) is 31.5 Å². The smallest absolute Gasteiger partial charge is 0.296 e. The number of methoxy groups -OCH3 is 1. The molecule has 0 atom stereocenters. The fourth-order valence-corrected chi connectivity index (χ4v) is 6.45. The monoisotopic (exact) mass is 659 g/mol. The van der Waals surface area contributed by atoms with Crippen molar-refractivity contribution in [2.45, 2.75) is 31.7 Å². The zero-order chi connectivity index (χ0) is 30.7. The Kier molecular flexibility index (Phi) is 11.2. The van der Waals surface area contributed by atoms with E-state index in [1.807, 2.05) is 19.0 Å². The SMILES string of the molecule is COc1cccc2c1nc(C(F)F)n2-c1nc(N2CCOCC2)nc(N(CCCN(C)C)C2CCN(S(C)(=O)=O)CC2)n1.Cl. The van der Waals surface area contributed by atoms with Crippen LogP contribution in [0.25, 0.3) is 17.0 Å². The Morgan fingerprint density at radius 3 is 2.32 bits per heavy atom. The molecule has 0 N–H and O–H groups in total. The summed E-state index contributed by atoms with van der Waals surface area (Å²) in [6.07, 6.45) is 0.272. The summed E-state index contributed by atoms with van der Waals surface area (Å²) >= 11 is 0. The minimum absolute atomic E-state index is 0. The number of ether oxygens (including phenoxy) is 2. The van der Waals surface area contributed by atoms with Gasteiger partial charge >= 0.3 is 0 Å². The molecule has 0 aliphatic carbocycles. The lowest BCUT2D eigenvalue weighted by Gasteiger charge is -2.38. The van der Waals surface area contributed by atoms with E-state index in [1.54, 1.807) is 18.2 Å². The van der Waals surface area contributed by atoms with Crippen LogP contribution in [0.4, 0.5) is 20.7 Å². The lowest BCUT2D eigenvalue weighted by atomic mass is 10.0. The number of sulfonamides is 1. The molecule has 0 radical (unpaired) electrons. The average molecular weight is 660 g/mol. The van der Waals surface area contributed by atoms with Crippen molar-refractivity contribution in [2.75, 3.05) is 89.7 Å². The Bertz CT molecular complexity index is 1510. The molecule has 17 heteroatoms. The van der Waals surface area contributed by atoms with Gasteiger partial charge in [0.15, 0.2) is 5.82 Å². The van der Waals surface area contributed by atoms with Gasteiger partial charge in [-0.1, -0.05) is 6.07 Å². The number of aromatic nitrogens is 5. The van der Waals surface area contributed by atoms with Crippen LogP contribution >= 0.6 is 12.4 Å². The standard InChI is InChI=1S/C27H39F2N9O4S.ClH/c1-34(2)11-6-12-37(19-9-13-36(14-10-19)43(4,39)40)26-31-25(35-15-17-42-18-16-35)32-27(33-26)38-20-7-5-8-21(41-3)22(20)30-24(38)23(28)29;/h5,7-8,19,23H,6,9-18H2,1-4H3;1H. The van der Waals surface area contributed by atoms with E-state index in [2.05, 4.69) is 14.8 Å². The highest BCUT2D eigenvalue weighted by Crippen LogP contribution is 2.33. The lowest BCUT2D eigenvalue weighted by Crippen LogP contribution is -2.48. The summed E-state index contributed by atoms with van der Waals surface area (Å²) in [6, 6.07) is 5.01. The Labute approximate surface area is 262 Å². The van der Waals surface area contributed by atoms with E-state index >= 15 is 0 Å². The highest BCUT2D eigenvalue weighted by atomic mass is 35.5. The zero-order valence-corrected chi connectivity index (χ0v) is 27.0. The van der Waals surface area contributed by atoms with Crippen molar-refractivity contribution >= 4 is 45.4 Å². The summed E-state index contributed by atoms with van der Waals surface area (Å²) in [5.74, 6) is 0.616. The molecular formula is C27H40ClF2N9O4S. The number of piperidine rings is 1. The maximum atomic E-state index is 14.5. The highest BCUT2D eigenvalue weighted by molar-refractivity contribution is 7.88. The number of morpholine rings is 1. The van der Waals surface area contributed by atoms with Gasteiger partial charge in [0.1, 0.15) is 11.3 Å². The average Bonchev–Trinajstić information content (AvgIpc) is 3.39. The molecular weight excluding hydrogens is 620 g/mol. The van der Waals surface area contributed by atoms with Crippen molar-refractivity contribution in [3.63, 3.8) is 0 Å². The van der Waals surface area contributed by atoms with Gasteiger partial charge in [0.2, 0.25) is 27.9 Å². The molecule has 0 unspecified atom stereocenters. The third kappa shape index (κ3) is 7.47. The van der Waals surface area contributed by atoms with E-state index in [1.165, 1.54) is 22.2 Å². The van der Waals surface area contributed by atoms with Crippen molar-refractivity contribution in [3.8, 4) is 11.7 Å². The first kappa shape index (κ1) is 34.0. The second-order valence-corrected chi connectivity index (χ2v) is 13.0. The van der Waals surface area contributed by atoms with Gasteiger partial charge in [0, 0.05) is 38.8 Å². The van der Waals surface area contributed by atoms with E-state index in [4.69, 9.17) is 24.4 Å². The van der Waals surface area contributed by atoms with Crippen molar-refractivity contribution < 1.29 is 26.7 Å². The molecule has 1 aromatic carbocycles. The molecule has 13 nitrogen and oxygen atoms in total. The van der Waals surface area contributed by atoms with Gasteiger partial charge in [-0.25, -0.2) is 26.5 Å². The molecule has 5 rings (SSSR count). The number of halogens is 3. The summed E-state index contributed by atoms with van der Waals surface area (Å²) in [5, 5.41) is 0. The quantitative estimate of drug-likeness (QED) is 0.302. The van der Waals surface area contributed by atoms with Crippen LogP contribution in [0.3, 0.4) is 0 Å². The fourth-order valence-electron chi connectivity index (χ4n) is 5.58. The van der Waals surface area contributed by atoms with Crippen LogP contribution in [0.5, 0.6) is 5.75 Å². The second kappa shape index (κ2) is 14.5. The predicted molar refractivity (Wildman–Crippen MR) is 166 cm³/mol. The number of fused-ring (bicyclic) bond motifs is 1. The van der Waals surface area contributed by atoms with Crippen LogP contribution in [0.15, 0.2) is 18.2 Å². The minimum Gasteiger partial charge on any atom is -0.494 e. The number of benzene rings is 1. The van der Waals surface area contributed by atoms with Gasteiger partial charge in [-0.2, -0.15) is 15.0 Å². The zero-order valence-electron chi connectivity index (χ0n) is 25.4. The van der Waals surface area contributed by atoms with Crippen LogP contribution < -0.4 is 14.5 Å². The van der Waals surface area contributed by atoms with Crippen LogP contribution in [-0.2, 0) is 14.8 Å². The molecule has 2 aliphatic heterocycles. The molecule has 2 aromatic heterocycles. The van der Waals surface area contributed by atoms with Crippen LogP contribution in [-0.4, -0.2) is 128 Å². The normalized spacial score (nSPS) is 17.0. The summed E-state index contributed by atoms with van der Waals surface area (Å²) in [4.78, 5) is 24.8. The molecule has 44 heavy (non-hydrogen) atoms. The molecule has 2 saturated heterocycles. The summed E-state index contributed by atoms with van der Waals surface area (Å²) in [6.45, 7) is 4.21. The van der Waals surface area contributed by atoms with E-state index in [-0.39, 0.29) is 29.9 Å². The number of para-hydroxylation sites is 1. The van der Waals surface area contributed by atoms with Crippen LogP contribution in [0, 0.1) is 0 Å². The van der Waals surface area contributed by atoms with Crippen molar-refractivity contribution in [1.29, 1.82) is 0 Å². The van der Waals surface area contributed by atoms with Crippen LogP contribution in [0.2, 0.25) is 0 Å². The second-order valence-electron chi connectivity index (χ2n) is 11.0. The third-order valence-corrected chi connectivity index (χ3v) is 9.08.